The molecule has 2 rings (SSSR count). The molecule has 0 radical (unpaired) electrons. The van der Waals surface area contributed by atoms with Crippen molar-refractivity contribution in [1.82, 2.24) is 0 Å². The van der Waals surface area contributed by atoms with Crippen LogP contribution >= 0.6 is 0 Å². The lowest BCUT2D eigenvalue weighted by atomic mass is 9.96. The van der Waals surface area contributed by atoms with Crippen LogP contribution in [0.1, 0.15) is 16.7 Å². The molecule has 0 fully saturated rings. The van der Waals surface area contributed by atoms with Crippen LogP contribution in [0.5, 0.6) is 0 Å². The highest BCUT2D eigenvalue weighted by molar-refractivity contribution is 5.73. The summed E-state index contributed by atoms with van der Waals surface area (Å²) in [5.41, 5.74) is 4.26. The van der Waals surface area contributed by atoms with Crippen molar-refractivity contribution in [2.24, 2.45) is 0 Å². The molecule has 1 N–H and O–H groups in total. The van der Waals surface area contributed by atoms with Crippen LogP contribution in [0.25, 0.3) is 11.1 Å². The van der Waals surface area contributed by atoms with Crippen molar-refractivity contribution in [1.29, 1.82) is 0 Å². The molecule has 0 aliphatic rings. The van der Waals surface area contributed by atoms with Gasteiger partial charge in [-0.2, -0.15) is 0 Å². The Kier molecular flexibility index (Phi) is 3.65. The van der Waals surface area contributed by atoms with Crippen molar-refractivity contribution < 1.29 is 14.3 Å². The summed E-state index contributed by atoms with van der Waals surface area (Å²) in [5.74, 6) is -1.51. The Morgan fingerprint density at radius 2 is 1.89 bits per heavy atom. The number of rotatable bonds is 3. The third-order valence-corrected chi connectivity index (χ3v) is 3.09. The second-order valence-electron chi connectivity index (χ2n) is 4.70. The van der Waals surface area contributed by atoms with E-state index in [0.717, 1.165) is 22.3 Å². The van der Waals surface area contributed by atoms with Crippen LogP contribution in [0.3, 0.4) is 0 Å². The van der Waals surface area contributed by atoms with Gasteiger partial charge in [0.2, 0.25) is 0 Å². The fraction of sp³-hybridized carbons (Fsp3) is 0.188. The van der Waals surface area contributed by atoms with E-state index >= 15 is 0 Å². The lowest BCUT2D eigenvalue weighted by Gasteiger charge is -2.09. The normalized spacial score (nSPS) is 10.5. The van der Waals surface area contributed by atoms with Gasteiger partial charge in [-0.25, -0.2) is 4.39 Å². The molecule has 2 aromatic carbocycles. The lowest BCUT2D eigenvalue weighted by Crippen LogP contribution is -2.02. The summed E-state index contributed by atoms with van der Waals surface area (Å²) in [5, 5.41) is 8.78. The van der Waals surface area contributed by atoms with E-state index in [1.807, 2.05) is 32.0 Å². The first-order valence-electron chi connectivity index (χ1n) is 6.05. The zero-order valence-corrected chi connectivity index (χ0v) is 10.9. The fourth-order valence-corrected chi connectivity index (χ4v) is 2.09. The molecule has 0 aromatic heterocycles. The van der Waals surface area contributed by atoms with Crippen molar-refractivity contribution in [2.45, 2.75) is 20.3 Å². The largest absolute Gasteiger partial charge is 0.481 e. The number of hydrogen-bond donors (Lipinski definition) is 1. The smallest absolute Gasteiger partial charge is 0.307 e. The first kappa shape index (κ1) is 13.3. The molecule has 0 atom stereocenters. The molecule has 0 saturated carbocycles. The Labute approximate surface area is 111 Å². The van der Waals surface area contributed by atoms with E-state index in [2.05, 4.69) is 0 Å². The number of halogens is 1. The Bertz CT molecular complexity index is 633. The van der Waals surface area contributed by atoms with Crippen molar-refractivity contribution in [2.75, 3.05) is 0 Å². The molecule has 0 aliphatic heterocycles. The van der Waals surface area contributed by atoms with Gasteiger partial charge in [-0.15, -0.1) is 0 Å². The summed E-state index contributed by atoms with van der Waals surface area (Å²) in [4.78, 5) is 10.7. The monoisotopic (exact) mass is 258 g/mol. The highest BCUT2D eigenvalue weighted by Crippen LogP contribution is 2.26. The molecule has 0 aliphatic carbocycles. The molecular weight excluding hydrogens is 243 g/mol. The molecule has 2 nitrogen and oxygen atoms in total. The van der Waals surface area contributed by atoms with E-state index in [1.165, 1.54) is 6.07 Å². The minimum atomic E-state index is -1.03. The first-order valence-corrected chi connectivity index (χ1v) is 6.05. The predicted molar refractivity (Wildman–Crippen MR) is 72.6 cm³/mol. The van der Waals surface area contributed by atoms with Gasteiger partial charge in [-0.05, 0) is 48.2 Å². The van der Waals surface area contributed by atoms with Crippen molar-refractivity contribution in [3.63, 3.8) is 0 Å². The van der Waals surface area contributed by atoms with Crippen LogP contribution < -0.4 is 0 Å². The quantitative estimate of drug-likeness (QED) is 0.910. The second-order valence-corrected chi connectivity index (χ2v) is 4.70. The van der Waals surface area contributed by atoms with Crippen LogP contribution in [0.4, 0.5) is 4.39 Å². The van der Waals surface area contributed by atoms with Crippen LogP contribution in [0.15, 0.2) is 36.4 Å². The summed E-state index contributed by atoms with van der Waals surface area (Å²) in [7, 11) is 0. The fourth-order valence-electron chi connectivity index (χ4n) is 2.09. The Hall–Kier alpha value is -2.16. The third-order valence-electron chi connectivity index (χ3n) is 3.09. The van der Waals surface area contributed by atoms with Gasteiger partial charge in [-0.1, -0.05) is 29.8 Å². The van der Waals surface area contributed by atoms with Gasteiger partial charge in [0.1, 0.15) is 5.82 Å². The van der Waals surface area contributed by atoms with Crippen LogP contribution in [0.2, 0.25) is 0 Å². The van der Waals surface area contributed by atoms with Crippen LogP contribution in [-0.2, 0) is 11.2 Å². The number of carboxylic acids is 1. The topological polar surface area (TPSA) is 37.3 Å². The maximum atomic E-state index is 13.6. The number of carbonyl (C=O) groups is 1. The SMILES string of the molecule is Cc1ccc(C)c(-c2ccc(F)c(CC(=O)O)c2)c1. The van der Waals surface area contributed by atoms with Gasteiger partial charge in [-0.3, -0.25) is 4.79 Å². The summed E-state index contributed by atoms with van der Waals surface area (Å²) in [6.45, 7) is 3.97. The van der Waals surface area contributed by atoms with E-state index in [4.69, 9.17) is 5.11 Å². The number of hydrogen-bond acceptors (Lipinski definition) is 1. The molecule has 19 heavy (non-hydrogen) atoms. The minimum absolute atomic E-state index is 0.214. The zero-order chi connectivity index (χ0) is 14.0. The lowest BCUT2D eigenvalue weighted by molar-refractivity contribution is -0.136. The van der Waals surface area contributed by atoms with Crippen LogP contribution in [0, 0.1) is 19.7 Å². The van der Waals surface area contributed by atoms with Gasteiger partial charge in [0.25, 0.3) is 0 Å². The summed E-state index contributed by atoms with van der Waals surface area (Å²) in [6, 6.07) is 10.7. The average molecular weight is 258 g/mol. The molecule has 0 spiro atoms. The van der Waals surface area contributed by atoms with E-state index < -0.39 is 11.8 Å². The zero-order valence-electron chi connectivity index (χ0n) is 10.9. The molecule has 0 heterocycles. The predicted octanol–water partition coefficient (Wildman–Crippen LogP) is 3.74. The molecule has 3 heteroatoms. The molecule has 0 unspecified atom stereocenters. The number of carboxylic acid groups (broad SMARTS) is 1. The minimum Gasteiger partial charge on any atom is -0.481 e. The summed E-state index contributed by atoms with van der Waals surface area (Å²) >= 11 is 0. The van der Waals surface area contributed by atoms with Gasteiger partial charge < -0.3 is 5.11 Å². The highest BCUT2D eigenvalue weighted by atomic mass is 19.1. The van der Waals surface area contributed by atoms with Crippen molar-refractivity contribution >= 4 is 5.97 Å². The van der Waals surface area contributed by atoms with Crippen molar-refractivity contribution in [3.8, 4) is 11.1 Å². The van der Waals surface area contributed by atoms with E-state index in [0.29, 0.717) is 0 Å². The molecule has 0 amide bonds. The van der Waals surface area contributed by atoms with E-state index in [-0.39, 0.29) is 12.0 Å². The molecule has 98 valence electrons. The molecule has 2 aromatic rings. The number of aryl methyl sites for hydroxylation is 2. The number of aliphatic carboxylic acids is 1. The van der Waals surface area contributed by atoms with Gasteiger partial charge in [0, 0.05) is 0 Å². The number of benzene rings is 2. The Morgan fingerprint density at radius 1 is 1.16 bits per heavy atom. The van der Waals surface area contributed by atoms with Gasteiger partial charge in [0.15, 0.2) is 0 Å². The van der Waals surface area contributed by atoms with Crippen molar-refractivity contribution in [3.05, 3.63) is 58.9 Å². The van der Waals surface area contributed by atoms with Gasteiger partial charge in [0.05, 0.1) is 6.42 Å². The molecule has 0 saturated heterocycles. The maximum absolute atomic E-state index is 13.6. The van der Waals surface area contributed by atoms with E-state index in [1.54, 1.807) is 12.1 Å². The highest BCUT2D eigenvalue weighted by Gasteiger charge is 2.10. The Balaban J connectivity index is 2.51. The average Bonchev–Trinajstić information content (AvgIpc) is 2.34. The standard InChI is InChI=1S/C16H15FO2/c1-10-3-4-11(2)14(7-10)12-5-6-15(17)13(8-12)9-16(18)19/h3-8H,9H2,1-2H3,(H,18,19). The second kappa shape index (κ2) is 5.22. The summed E-state index contributed by atoms with van der Waals surface area (Å²) in [6.07, 6.45) is -0.301. The van der Waals surface area contributed by atoms with E-state index in [9.17, 15) is 9.18 Å². The van der Waals surface area contributed by atoms with Gasteiger partial charge >= 0.3 is 5.97 Å². The third kappa shape index (κ3) is 2.99. The van der Waals surface area contributed by atoms with Crippen LogP contribution in [-0.4, -0.2) is 11.1 Å². The molecular formula is C16H15FO2. The molecule has 0 bridgehead atoms. The Morgan fingerprint density at radius 3 is 2.58 bits per heavy atom. The maximum Gasteiger partial charge on any atom is 0.307 e. The summed E-state index contributed by atoms with van der Waals surface area (Å²) < 4.78 is 13.6. The first-order chi connectivity index (χ1) is 8.97.